The number of rotatable bonds is 3. The van der Waals surface area contributed by atoms with Crippen molar-refractivity contribution in [3.63, 3.8) is 0 Å². The number of aromatic hydroxyl groups is 1. The van der Waals surface area contributed by atoms with Gasteiger partial charge in [0.25, 0.3) is 0 Å². The lowest BCUT2D eigenvalue weighted by atomic mass is 10.1. The molecule has 1 atom stereocenters. The van der Waals surface area contributed by atoms with Gasteiger partial charge in [-0.1, -0.05) is 6.07 Å². The fraction of sp³-hybridized carbons (Fsp3) is 0.222. The van der Waals surface area contributed by atoms with Gasteiger partial charge in [-0.25, -0.2) is 0 Å². The van der Waals surface area contributed by atoms with Crippen LogP contribution >= 0.6 is 0 Å². The van der Waals surface area contributed by atoms with E-state index in [-0.39, 0.29) is 17.1 Å². The molecule has 0 bridgehead atoms. The molecule has 0 aliphatic carbocycles. The molecule has 1 rings (SSSR count). The zero-order chi connectivity index (χ0) is 10.7. The summed E-state index contributed by atoms with van der Waals surface area (Å²) in [6.45, 7) is 0. The molecular weight excluding hydrogens is 186 g/mol. The van der Waals surface area contributed by atoms with Gasteiger partial charge in [0.2, 0.25) is 0 Å². The van der Waals surface area contributed by atoms with Crippen molar-refractivity contribution in [2.24, 2.45) is 5.73 Å². The normalized spacial score (nSPS) is 12.1. The van der Waals surface area contributed by atoms with E-state index in [1.54, 1.807) is 6.07 Å². The third kappa shape index (κ3) is 1.77. The Kier molecular flexibility index (Phi) is 2.93. The van der Waals surface area contributed by atoms with Crippen LogP contribution in [0, 0.1) is 0 Å². The fourth-order valence-corrected chi connectivity index (χ4v) is 1.15. The SMILES string of the molecule is COc1cccc(O)c1C(N)C(=O)O. The van der Waals surface area contributed by atoms with Crippen molar-refractivity contribution in [1.82, 2.24) is 0 Å². The number of phenolic OH excluding ortho intramolecular Hbond substituents is 1. The zero-order valence-electron chi connectivity index (χ0n) is 7.60. The molecular formula is C9H11NO4. The predicted molar refractivity (Wildman–Crippen MR) is 49.2 cm³/mol. The van der Waals surface area contributed by atoms with Crippen molar-refractivity contribution in [3.05, 3.63) is 23.8 Å². The molecule has 0 spiro atoms. The third-order valence-electron chi connectivity index (χ3n) is 1.84. The number of phenols is 1. The standard InChI is InChI=1S/C9H11NO4/c1-14-6-4-2-3-5(11)7(6)8(10)9(12)13/h2-4,8,11H,10H2,1H3,(H,12,13). The quantitative estimate of drug-likeness (QED) is 0.655. The first-order valence-electron chi connectivity index (χ1n) is 3.92. The molecule has 5 nitrogen and oxygen atoms in total. The lowest BCUT2D eigenvalue weighted by molar-refractivity contribution is -0.138. The van der Waals surface area contributed by atoms with Crippen molar-refractivity contribution in [3.8, 4) is 11.5 Å². The number of carbonyl (C=O) groups is 1. The van der Waals surface area contributed by atoms with E-state index in [0.717, 1.165) is 0 Å². The summed E-state index contributed by atoms with van der Waals surface area (Å²) in [6, 6.07) is 3.16. The average Bonchev–Trinajstić information content (AvgIpc) is 2.16. The molecule has 0 aromatic heterocycles. The van der Waals surface area contributed by atoms with Gasteiger partial charge in [0.1, 0.15) is 17.5 Å². The van der Waals surface area contributed by atoms with E-state index in [9.17, 15) is 9.90 Å². The smallest absolute Gasteiger partial charge is 0.325 e. The van der Waals surface area contributed by atoms with Gasteiger partial charge in [0, 0.05) is 0 Å². The number of hydrogen-bond acceptors (Lipinski definition) is 4. The van der Waals surface area contributed by atoms with Crippen LogP contribution in [-0.2, 0) is 4.79 Å². The minimum atomic E-state index is -1.29. The maximum absolute atomic E-state index is 10.6. The van der Waals surface area contributed by atoms with Gasteiger partial charge in [-0.2, -0.15) is 0 Å². The van der Waals surface area contributed by atoms with Crippen LogP contribution in [0.4, 0.5) is 0 Å². The van der Waals surface area contributed by atoms with Crippen molar-refractivity contribution < 1.29 is 19.7 Å². The Balaban J connectivity index is 3.23. The van der Waals surface area contributed by atoms with Crippen molar-refractivity contribution >= 4 is 5.97 Å². The Morgan fingerprint density at radius 3 is 2.71 bits per heavy atom. The highest BCUT2D eigenvalue weighted by atomic mass is 16.5. The van der Waals surface area contributed by atoms with Crippen LogP contribution in [0.5, 0.6) is 11.5 Å². The number of aliphatic carboxylic acids is 1. The maximum atomic E-state index is 10.6. The van der Waals surface area contributed by atoms with E-state index in [1.165, 1.54) is 19.2 Å². The van der Waals surface area contributed by atoms with E-state index >= 15 is 0 Å². The molecule has 5 heteroatoms. The summed E-state index contributed by atoms with van der Waals surface area (Å²) in [7, 11) is 1.38. The van der Waals surface area contributed by atoms with Gasteiger partial charge in [0.05, 0.1) is 12.7 Å². The molecule has 0 heterocycles. The molecule has 0 aliphatic rings. The van der Waals surface area contributed by atoms with Crippen LogP contribution in [0.15, 0.2) is 18.2 Å². The molecule has 1 unspecified atom stereocenters. The van der Waals surface area contributed by atoms with E-state index in [0.29, 0.717) is 0 Å². The summed E-state index contributed by atoms with van der Waals surface area (Å²) in [5.74, 6) is -1.14. The van der Waals surface area contributed by atoms with Crippen LogP contribution in [-0.4, -0.2) is 23.3 Å². The third-order valence-corrected chi connectivity index (χ3v) is 1.84. The van der Waals surface area contributed by atoms with Gasteiger partial charge >= 0.3 is 5.97 Å². The highest BCUT2D eigenvalue weighted by molar-refractivity contribution is 5.77. The predicted octanol–water partition coefficient (Wildman–Crippen LogP) is 0.485. The number of carboxylic acids is 1. The molecule has 1 aromatic carbocycles. The first kappa shape index (κ1) is 10.3. The minimum absolute atomic E-state index is 0.0856. The number of hydrogen-bond donors (Lipinski definition) is 3. The van der Waals surface area contributed by atoms with Gasteiger partial charge in [-0.3, -0.25) is 4.79 Å². The summed E-state index contributed by atoms with van der Waals surface area (Å²) in [5, 5.41) is 18.1. The molecule has 1 aromatic rings. The number of benzene rings is 1. The van der Waals surface area contributed by atoms with E-state index < -0.39 is 12.0 Å². The molecule has 76 valence electrons. The lowest BCUT2D eigenvalue weighted by Gasteiger charge is -2.13. The fourth-order valence-electron chi connectivity index (χ4n) is 1.15. The largest absolute Gasteiger partial charge is 0.507 e. The molecule has 14 heavy (non-hydrogen) atoms. The minimum Gasteiger partial charge on any atom is -0.507 e. The molecule has 0 amide bonds. The average molecular weight is 197 g/mol. The Morgan fingerprint density at radius 1 is 1.57 bits per heavy atom. The Morgan fingerprint density at radius 2 is 2.21 bits per heavy atom. The molecule has 4 N–H and O–H groups in total. The van der Waals surface area contributed by atoms with Crippen molar-refractivity contribution in [2.75, 3.05) is 7.11 Å². The molecule has 0 radical (unpaired) electrons. The van der Waals surface area contributed by atoms with E-state index in [1.807, 2.05) is 0 Å². The van der Waals surface area contributed by atoms with Crippen LogP contribution < -0.4 is 10.5 Å². The number of nitrogens with two attached hydrogens (primary N) is 1. The van der Waals surface area contributed by atoms with Crippen LogP contribution in [0.3, 0.4) is 0 Å². The summed E-state index contributed by atoms with van der Waals surface area (Å²) in [4.78, 5) is 10.6. The number of ether oxygens (including phenoxy) is 1. The highest BCUT2D eigenvalue weighted by Gasteiger charge is 2.22. The topological polar surface area (TPSA) is 92.8 Å². The second-order valence-corrected chi connectivity index (χ2v) is 2.71. The maximum Gasteiger partial charge on any atom is 0.325 e. The number of carboxylic acid groups (broad SMARTS) is 1. The van der Waals surface area contributed by atoms with Crippen molar-refractivity contribution in [2.45, 2.75) is 6.04 Å². The molecule has 0 saturated heterocycles. The summed E-state index contributed by atoms with van der Waals surface area (Å²) < 4.78 is 4.89. The van der Waals surface area contributed by atoms with Crippen LogP contribution in [0.1, 0.15) is 11.6 Å². The molecule has 0 fully saturated rings. The summed E-state index contributed by atoms with van der Waals surface area (Å²) in [6.07, 6.45) is 0. The first-order chi connectivity index (χ1) is 6.57. The Labute approximate surface area is 80.7 Å². The molecule has 0 aliphatic heterocycles. The monoisotopic (exact) mass is 197 g/mol. The summed E-state index contributed by atoms with van der Waals surface area (Å²) >= 11 is 0. The second-order valence-electron chi connectivity index (χ2n) is 2.71. The van der Waals surface area contributed by atoms with Crippen molar-refractivity contribution in [1.29, 1.82) is 0 Å². The van der Waals surface area contributed by atoms with Gasteiger partial charge in [0.15, 0.2) is 0 Å². The first-order valence-corrected chi connectivity index (χ1v) is 3.92. The Bertz CT molecular complexity index is 351. The van der Waals surface area contributed by atoms with Gasteiger partial charge < -0.3 is 20.7 Å². The molecule has 0 saturated carbocycles. The second kappa shape index (κ2) is 3.97. The van der Waals surface area contributed by atoms with E-state index in [2.05, 4.69) is 0 Å². The van der Waals surface area contributed by atoms with Crippen LogP contribution in [0.2, 0.25) is 0 Å². The Hall–Kier alpha value is -1.75. The lowest BCUT2D eigenvalue weighted by Crippen LogP contribution is -2.21. The van der Waals surface area contributed by atoms with Gasteiger partial charge in [-0.15, -0.1) is 0 Å². The van der Waals surface area contributed by atoms with Gasteiger partial charge in [-0.05, 0) is 12.1 Å². The van der Waals surface area contributed by atoms with Crippen LogP contribution in [0.25, 0.3) is 0 Å². The highest BCUT2D eigenvalue weighted by Crippen LogP contribution is 2.31. The van der Waals surface area contributed by atoms with E-state index in [4.69, 9.17) is 15.6 Å². The number of methoxy groups -OCH3 is 1. The summed E-state index contributed by atoms with van der Waals surface area (Å²) in [5.41, 5.74) is 5.46. The zero-order valence-corrected chi connectivity index (χ0v) is 7.60.